The summed E-state index contributed by atoms with van der Waals surface area (Å²) in [7, 11) is -0.189. The van der Waals surface area contributed by atoms with Gasteiger partial charge in [-0.25, -0.2) is 0 Å². The highest BCUT2D eigenvalue weighted by molar-refractivity contribution is 7.86. The molecule has 0 saturated heterocycles. The smallest absolute Gasteiger partial charge is 0.316 e. The molecule has 0 saturated carbocycles. The summed E-state index contributed by atoms with van der Waals surface area (Å²) in [5, 5.41) is 10.4. The molecular weight excluding hydrogens is 170 g/mol. The van der Waals surface area contributed by atoms with Gasteiger partial charge in [-0.3, -0.25) is 13.8 Å². The van der Waals surface area contributed by atoms with E-state index in [-0.39, 0.29) is 5.75 Å². The van der Waals surface area contributed by atoms with Crippen molar-refractivity contribution in [1.29, 1.82) is 0 Å². The quantitative estimate of drug-likeness (QED) is 0.554. The molecule has 0 aliphatic rings. The predicted octanol–water partition coefficient (Wildman–Crippen LogP) is -1.43. The summed E-state index contributed by atoms with van der Waals surface area (Å²) in [6, 6.07) is 0. The number of aliphatic carboxylic acids is 1. The summed E-state index contributed by atoms with van der Waals surface area (Å²) in [4.78, 5) is 20.5. The van der Waals surface area contributed by atoms with Gasteiger partial charge in [-0.2, -0.15) is 0 Å². The van der Waals surface area contributed by atoms with E-state index < -0.39 is 28.4 Å². The van der Waals surface area contributed by atoms with Crippen LogP contribution in [0.5, 0.6) is 0 Å². The average Bonchev–Trinajstić information content (AvgIpc) is 1.85. The van der Waals surface area contributed by atoms with Crippen LogP contribution in [0.2, 0.25) is 0 Å². The van der Waals surface area contributed by atoms with Gasteiger partial charge in [0.2, 0.25) is 5.91 Å². The molecule has 0 radical (unpaired) electrons. The summed E-state index contributed by atoms with van der Waals surface area (Å²) in [6.07, 6.45) is 0. The van der Waals surface area contributed by atoms with E-state index >= 15 is 0 Å². The minimum absolute atomic E-state index is 0.247. The van der Waals surface area contributed by atoms with Gasteiger partial charge in [0, 0.05) is 17.8 Å². The first-order valence-corrected chi connectivity index (χ1v) is 4.32. The molecule has 11 heavy (non-hydrogen) atoms. The zero-order valence-electron chi connectivity index (χ0n) is 5.99. The van der Waals surface area contributed by atoms with Crippen LogP contribution in [0.4, 0.5) is 0 Å². The molecule has 64 valence electrons. The highest BCUT2D eigenvalue weighted by Gasteiger charge is 2.09. The number of amides is 1. The normalized spacial score (nSPS) is 12.1. The Morgan fingerprint density at radius 3 is 2.36 bits per heavy atom. The SMILES string of the molecule is CNC(=O)CS(=O)CC(=O)O. The third kappa shape index (κ3) is 5.53. The topological polar surface area (TPSA) is 83.5 Å². The van der Waals surface area contributed by atoms with Gasteiger partial charge < -0.3 is 10.4 Å². The maximum atomic E-state index is 10.7. The fraction of sp³-hybridized carbons (Fsp3) is 0.600. The van der Waals surface area contributed by atoms with Gasteiger partial charge >= 0.3 is 5.97 Å². The summed E-state index contributed by atoms with van der Waals surface area (Å²) in [6.45, 7) is 0. The van der Waals surface area contributed by atoms with Crippen molar-refractivity contribution < 1.29 is 18.9 Å². The Bertz CT molecular complexity index is 191. The van der Waals surface area contributed by atoms with Gasteiger partial charge in [-0.05, 0) is 0 Å². The van der Waals surface area contributed by atoms with Crippen molar-refractivity contribution in [1.82, 2.24) is 5.32 Å². The molecule has 0 heterocycles. The second-order valence-corrected chi connectivity index (χ2v) is 3.25. The van der Waals surface area contributed by atoms with Crippen LogP contribution in [0.1, 0.15) is 0 Å². The first-order chi connectivity index (χ1) is 5.06. The minimum atomic E-state index is -1.59. The van der Waals surface area contributed by atoms with E-state index in [1.807, 2.05) is 0 Å². The van der Waals surface area contributed by atoms with Gasteiger partial charge in [0.15, 0.2) is 0 Å². The zero-order chi connectivity index (χ0) is 8.85. The maximum absolute atomic E-state index is 10.7. The van der Waals surface area contributed by atoms with Gasteiger partial charge in [-0.15, -0.1) is 0 Å². The summed E-state index contributed by atoms with van der Waals surface area (Å²) >= 11 is 0. The first-order valence-electron chi connectivity index (χ1n) is 2.83. The molecular formula is C5H9NO4S. The average molecular weight is 179 g/mol. The van der Waals surface area contributed by atoms with E-state index in [0.717, 1.165) is 0 Å². The van der Waals surface area contributed by atoms with Crippen molar-refractivity contribution in [2.75, 3.05) is 18.6 Å². The number of carboxylic acids is 1. The molecule has 0 aromatic rings. The van der Waals surface area contributed by atoms with Crippen LogP contribution in [-0.4, -0.2) is 39.7 Å². The summed E-state index contributed by atoms with van der Waals surface area (Å²) in [5.74, 6) is -2.30. The fourth-order valence-corrected chi connectivity index (χ4v) is 1.22. The molecule has 1 unspecified atom stereocenters. The van der Waals surface area contributed by atoms with Crippen LogP contribution in [0, 0.1) is 0 Å². The van der Waals surface area contributed by atoms with Gasteiger partial charge in [0.25, 0.3) is 0 Å². The Kier molecular flexibility index (Phi) is 4.44. The number of carbonyl (C=O) groups is 2. The molecule has 0 aliphatic heterocycles. The van der Waals surface area contributed by atoms with E-state index in [9.17, 15) is 13.8 Å². The second-order valence-electron chi connectivity index (χ2n) is 1.80. The van der Waals surface area contributed by atoms with Crippen LogP contribution in [0.15, 0.2) is 0 Å². The molecule has 6 heteroatoms. The Morgan fingerprint density at radius 2 is 2.00 bits per heavy atom. The van der Waals surface area contributed by atoms with E-state index in [4.69, 9.17) is 5.11 Å². The number of carboxylic acid groups (broad SMARTS) is 1. The highest BCUT2D eigenvalue weighted by Crippen LogP contribution is 1.81. The van der Waals surface area contributed by atoms with Crippen molar-refractivity contribution >= 4 is 22.7 Å². The molecule has 1 atom stereocenters. The Hall–Kier alpha value is -0.910. The second kappa shape index (κ2) is 4.84. The Labute approximate surface area is 66.2 Å². The van der Waals surface area contributed by atoms with Crippen LogP contribution >= 0.6 is 0 Å². The van der Waals surface area contributed by atoms with Crippen LogP contribution in [0.25, 0.3) is 0 Å². The lowest BCUT2D eigenvalue weighted by molar-refractivity contribution is -0.133. The lowest BCUT2D eigenvalue weighted by atomic mass is 10.7. The lowest BCUT2D eigenvalue weighted by Gasteiger charge is -1.96. The zero-order valence-corrected chi connectivity index (χ0v) is 6.81. The molecule has 5 nitrogen and oxygen atoms in total. The number of nitrogens with one attached hydrogen (secondary N) is 1. The van der Waals surface area contributed by atoms with E-state index in [0.29, 0.717) is 0 Å². The van der Waals surface area contributed by atoms with E-state index in [1.165, 1.54) is 7.05 Å². The maximum Gasteiger partial charge on any atom is 0.316 e. The van der Waals surface area contributed by atoms with Crippen molar-refractivity contribution in [2.24, 2.45) is 0 Å². The standard InChI is InChI=1S/C5H9NO4S/c1-6-4(7)2-11(10)3-5(8)9/h2-3H2,1H3,(H,6,7)(H,8,9). The van der Waals surface area contributed by atoms with Crippen molar-refractivity contribution in [3.8, 4) is 0 Å². The Morgan fingerprint density at radius 1 is 1.45 bits per heavy atom. The fourth-order valence-electron chi connectivity index (χ4n) is 0.407. The molecule has 1 amide bonds. The van der Waals surface area contributed by atoms with Crippen LogP contribution in [0.3, 0.4) is 0 Å². The van der Waals surface area contributed by atoms with Crippen molar-refractivity contribution in [3.63, 3.8) is 0 Å². The number of rotatable bonds is 4. The molecule has 0 rings (SSSR count). The third-order valence-electron chi connectivity index (χ3n) is 0.855. The summed E-state index contributed by atoms with van der Waals surface area (Å²) < 4.78 is 10.7. The molecule has 0 fully saturated rings. The molecule has 0 aromatic heterocycles. The largest absolute Gasteiger partial charge is 0.481 e. The van der Waals surface area contributed by atoms with Gasteiger partial charge in [0.05, 0.1) is 0 Å². The van der Waals surface area contributed by atoms with Crippen LogP contribution in [-0.2, 0) is 20.4 Å². The molecule has 0 aliphatic carbocycles. The van der Waals surface area contributed by atoms with Crippen molar-refractivity contribution in [3.05, 3.63) is 0 Å². The minimum Gasteiger partial charge on any atom is -0.481 e. The number of hydrogen-bond acceptors (Lipinski definition) is 3. The molecule has 0 bridgehead atoms. The molecule has 0 aromatic carbocycles. The number of carbonyl (C=O) groups excluding carboxylic acids is 1. The van der Waals surface area contributed by atoms with Gasteiger partial charge in [-0.1, -0.05) is 0 Å². The van der Waals surface area contributed by atoms with Crippen molar-refractivity contribution in [2.45, 2.75) is 0 Å². The lowest BCUT2D eigenvalue weighted by Crippen LogP contribution is -2.26. The van der Waals surface area contributed by atoms with Crippen LogP contribution < -0.4 is 5.32 Å². The summed E-state index contributed by atoms with van der Waals surface area (Å²) in [5.41, 5.74) is 0. The van der Waals surface area contributed by atoms with E-state index in [2.05, 4.69) is 5.32 Å². The highest BCUT2D eigenvalue weighted by atomic mass is 32.2. The predicted molar refractivity (Wildman–Crippen MR) is 39.6 cm³/mol. The monoisotopic (exact) mass is 179 g/mol. The van der Waals surface area contributed by atoms with Gasteiger partial charge in [0.1, 0.15) is 11.5 Å². The molecule has 0 spiro atoms. The third-order valence-corrected chi connectivity index (χ3v) is 2.01. The number of hydrogen-bond donors (Lipinski definition) is 2. The molecule has 2 N–H and O–H groups in total. The first kappa shape index (κ1) is 10.1. The van der Waals surface area contributed by atoms with E-state index in [1.54, 1.807) is 0 Å². The Balaban J connectivity index is 3.70.